The van der Waals surface area contributed by atoms with Crippen LogP contribution in [0.4, 0.5) is 5.82 Å². The third-order valence-electron chi connectivity index (χ3n) is 4.56. The highest BCUT2D eigenvalue weighted by Crippen LogP contribution is 2.18. The summed E-state index contributed by atoms with van der Waals surface area (Å²) < 4.78 is 5.44. The molecule has 4 heteroatoms. The highest BCUT2D eigenvalue weighted by molar-refractivity contribution is 5.41. The van der Waals surface area contributed by atoms with Crippen LogP contribution in [0.25, 0.3) is 0 Å². The van der Waals surface area contributed by atoms with Crippen molar-refractivity contribution in [1.29, 1.82) is 0 Å². The Kier molecular flexibility index (Phi) is 12.8. The average Bonchev–Trinajstić information content (AvgIpc) is 3.02. The summed E-state index contributed by atoms with van der Waals surface area (Å²) in [6.45, 7) is 16.4. The number of nitrogens with zero attached hydrogens (tertiary/aromatic N) is 2. The molecule has 0 aromatic carbocycles. The van der Waals surface area contributed by atoms with E-state index < -0.39 is 0 Å². The lowest BCUT2D eigenvalue weighted by molar-refractivity contribution is 0.231. The summed E-state index contributed by atoms with van der Waals surface area (Å²) in [4.78, 5) is 7.00. The van der Waals surface area contributed by atoms with Crippen molar-refractivity contribution in [3.63, 3.8) is 0 Å². The summed E-state index contributed by atoms with van der Waals surface area (Å²) >= 11 is 0. The fourth-order valence-electron chi connectivity index (χ4n) is 3.09. The van der Waals surface area contributed by atoms with Crippen LogP contribution in [0.15, 0.2) is 54.5 Å². The van der Waals surface area contributed by atoms with E-state index in [1.807, 2.05) is 46.0 Å². The van der Waals surface area contributed by atoms with Gasteiger partial charge in [0.1, 0.15) is 5.82 Å². The number of nitrogens with one attached hydrogen (secondary N) is 1. The lowest BCUT2D eigenvalue weighted by atomic mass is 10.2. The predicted molar refractivity (Wildman–Crippen MR) is 122 cm³/mol. The number of aromatic nitrogens is 1. The molecule has 1 aromatic heterocycles. The van der Waals surface area contributed by atoms with Crippen molar-refractivity contribution in [3.8, 4) is 0 Å². The molecule has 0 atom stereocenters. The van der Waals surface area contributed by atoms with Crippen LogP contribution in [0, 0.1) is 0 Å². The molecule has 2 heterocycles. The highest BCUT2D eigenvalue weighted by atomic mass is 16.5. The van der Waals surface area contributed by atoms with Crippen LogP contribution in [0.3, 0.4) is 0 Å². The zero-order valence-corrected chi connectivity index (χ0v) is 18.3. The molecule has 0 aliphatic carbocycles. The fourth-order valence-corrected chi connectivity index (χ4v) is 3.09. The fraction of sp³-hybridized carbons (Fsp3) is 0.542. The van der Waals surface area contributed by atoms with E-state index >= 15 is 0 Å². The van der Waals surface area contributed by atoms with Crippen molar-refractivity contribution in [2.75, 3.05) is 31.1 Å². The Morgan fingerprint density at radius 2 is 1.93 bits per heavy atom. The van der Waals surface area contributed by atoms with Gasteiger partial charge in [0.05, 0.1) is 12.4 Å². The summed E-state index contributed by atoms with van der Waals surface area (Å²) in [7, 11) is 0. The third kappa shape index (κ3) is 9.23. The molecule has 0 bridgehead atoms. The third-order valence-corrected chi connectivity index (χ3v) is 4.56. The van der Waals surface area contributed by atoms with Crippen LogP contribution >= 0.6 is 0 Å². The second-order valence-electron chi connectivity index (χ2n) is 6.68. The highest BCUT2D eigenvalue weighted by Gasteiger charge is 2.11. The van der Waals surface area contributed by atoms with Gasteiger partial charge in [-0.3, -0.25) is 0 Å². The van der Waals surface area contributed by atoms with Crippen LogP contribution < -0.4 is 10.2 Å². The summed E-state index contributed by atoms with van der Waals surface area (Å²) in [5.41, 5.74) is 2.41. The molecule has 1 N–H and O–H groups in total. The van der Waals surface area contributed by atoms with E-state index in [1.54, 1.807) is 0 Å². The van der Waals surface area contributed by atoms with E-state index in [1.165, 1.54) is 31.2 Å². The number of hydrogen-bond donors (Lipinski definition) is 1. The van der Waals surface area contributed by atoms with Crippen molar-refractivity contribution in [3.05, 3.63) is 60.0 Å². The zero-order valence-electron chi connectivity index (χ0n) is 18.3. The standard InChI is InChI=1S/C22H33N3O.C2H6/c1-4-20(11-10-19(3)26-5-2)17-23-18-21-12-13-24-22(16-21)25-14-8-6-7-9-15-25;1-2/h4,10-13,16,23H,1,5-9,14-15,17-18H2,2-3H3;1-2H3/b19-10+,20-11+;. The van der Waals surface area contributed by atoms with Gasteiger partial charge in [-0.1, -0.05) is 45.4 Å². The molecular formula is C24H39N3O. The monoisotopic (exact) mass is 385 g/mol. The first kappa shape index (κ1) is 24.0. The van der Waals surface area contributed by atoms with Gasteiger partial charge in [-0.15, -0.1) is 0 Å². The van der Waals surface area contributed by atoms with Gasteiger partial charge in [0, 0.05) is 32.4 Å². The van der Waals surface area contributed by atoms with E-state index in [2.05, 4.69) is 40.0 Å². The zero-order chi connectivity index (χ0) is 20.6. The Morgan fingerprint density at radius 3 is 2.57 bits per heavy atom. The molecule has 0 unspecified atom stereocenters. The van der Waals surface area contributed by atoms with Crippen molar-refractivity contribution in [2.45, 2.75) is 59.9 Å². The molecule has 156 valence electrons. The first-order valence-electron chi connectivity index (χ1n) is 10.8. The van der Waals surface area contributed by atoms with Gasteiger partial charge in [-0.2, -0.15) is 0 Å². The molecule has 0 saturated carbocycles. The Labute approximate surface area is 172 Å². The maximum absolute atomic E-state index is 5.44. The van der Waals surface area contributed by atoms with E-state index in [9.17, 15) is 0 Å². The van der Waals surface area contributed by atoms with Crippen LogP contribution in [0.1, 0.15) is 58.9 Å². The summed E-state index contributed by atoms with van der Waals surface area (Å²) in [5, 5.41) is 3.50. The molecule has 1 aromatic rings. The maximum atomic E-state index is 5.44. The first-order chi connectivity index (χ1) is 13.7. The molecule has 1 fully saturated rings. The molecule has 0 amide bonds. The maximum Gasteiger partial charge on any atom is 0.128 e. The molecule has 0 radical (unpaired) electrons. The topological polar surface area (TPSA) is 37.4 Å². The van der Waals surface area contributed by atoms with Gasteiger partial charge in [0.2, 0.25) is 0 Å². The van der Waals surface area contributed by atoms with Gasteiger partial charge < -0.3 is 15.0 Å². The molecule has 1 aliphatic heterocycles. The van der Waals surface area contributed by atoms with Crippen molar-refractivity contribution in [2.24, 2.45) is 0 Å². The van der Waals surface area contributed by atoms with E-state index in [-0.39, 0.29) is 0 Å². The quantitative estimate of drug-likeness (QED) is 0.441. The molecule has 0 spiro atoms. The Bertz CT molecular complexity index is 614. The molecule has 4 nitrogen and oxygen atoms in total. The number of hydrogen-bond acceptors (Lipinski definition) is 4. The summed E-state index contributed by atoms with van der Waals surface area (Å²) in [6, 6.07) is 4.31. The number of anilines is 1. The van der Waals surface area contributed by atoms with Gasteiger partial charge >= 0.3 is 0 Å². The minimum atomic E-state index is 0.694. The lowest BCUT2D eigenvalue weighted by Gasteiger charge is -2.21. The van der Waals surface area contributed by atoms with E-state index in [0.29, 0.717) is 6.61 Å². The summed E-state index contributed by atoms with van der Waals surface area (Å²) in [6.07, 6.45) is 13.1. The number of ether oxygens (including phenoxy) is 1. The van der Waals surface area contributed by atoms with Gasteiger partial charge in [-0.05, 0) is 56.0 Å². The number of rotatable bonds is 9. The van der Waals surface area contributed by atoms with Gasteiger partial charge in [0.25, 0.3) is 0 Å². The molecular weight excluding hydrogens is 346 g/mol. The van der Waals surface area contributed by atoms with E-state index in [4.69, 9.17) is 4.74 Å². The summed E-state index contributed by atoms with van der Waals surface area (Å²) in [5.74, 6) is 2.03. The van der Waals surface area contributed by atoms with E-state index in [0.717, 1.165) is 43.3 Å². The smallest absolute Gasteiger partial charge is 0.128 e. The second-order valence-corrected chi connectivity index (χ2v) is 6.68. The Hall–Kier alpha value is -2.07. The van der Waals surface area contributed by atoms with Gasteiger partial charge in [0.15, 0.2) is 0 Å². The van der Waals surface area contributed by atoms with Gasteiger partial charge in [-0.25, -0.2) is 4.98 Å². The van der Waals surface area contributed by atoms with Crippen molar-refractivity contribution < 1.29 is 4.74 Å². The molecule has 28 heavy (non-hydrogen) atoms. The molecule has 2 rings (SSSR count). The number of allylic oxidation sites excluding steroid dienone is 3. The minimum Gasteiger partial charge on any atom is -0.499 e. The normalized spacial score (nSPS) is 15.4. The van der Waals surface area contributed by atoms with Crippen LogP contribution in [0.5, 0.6) is 0 Å². The lowest BCUT2D eigenvalue weighted by Crippen LogP contribution is -2.25. The molecule has 1 aliphatic rings. The SMILES string of the molecule is C=C/C(=C\C=C(/C)OCC)CNCc1ccnc(N2CCCCCC2)c1.CC. The predicted octanol–water partition coefficient (Wildman–Crippen LogP) is 5.63. The van der Waals surface area contributed by atoms with Crippen molar-refractivity contribution in [1.82, 2.24) is 10.3 Å². The Balaban J connectivity index is 0.00000190. The number of pyridine rings is 1. The van der Waals surface area contributed by atoms with Crippen LogP contribution in [-0.2, 0) is 11.3 Å². The van der Waals surface area contributed by atoms with Crippen molar-refractivity contribution >= 4 is 5.82 Å². The molecule has 1 saturated heterocycles. The van der Waals surface area contributed by atoms with Crippen LogP contribution in [0.2, 0.25) is 0 Å². The largest absolute Gasteiger partial charge is 0.499 e. The Morgan fingerprint density at radius 1 is 1.21 bits per heavy atom. The second kappa shape index (κ2) is 14.9. The average molecular weight is 386 g/mol. The minimum absolute atomic E-state index is 0.694. The van der Waals surface area contributed by atoms with Crippen LogP contribution in [-0.4, -0.2) is 31.2 Å². The first-order valence-corrected chi connectivity index (χ1v) is 10.8.